The average molecular weight is 593 g/mol. The Labute approximate surface area is 253 Å². The van der Waals surface area contributed by atoms with E-state index in [0.717, 1.165) is 34.9 Å². The molecule has 0 spiro atoms. The van der Waals surface area contributed by atoms with Gasteiger partial charge in [-0.05, 0) is 59.2 Å². The zero-order valence-electron chi connectivity index (χ0n) is 24.3. The minimum Gasteiger partial charge on any atom is -0.361 e. The molecule has 4 aromatic rings. The van der Waals surface area contributed by atoms with Crippen LogP contribution in [0.5, 0.6) is 0 Å². The van der Waals surface area contributed by atoms with Gasteiger partial charge in [0, 0.05) is 42.3 Å². The summed E-state index contributed by atoms with van der Waals surface area (Å²) in [5.74, 6) is -0.314. The highest BCUT2D eigenvalue weighted by Gasteiger charge is 2.23. The van der Waals surface area contributed by atoms with Gasteiger partial charge in [-0.1, -0.05) is 99.8 Å². The second-order valence-corrected chi connectivity index (χ2v) is 12.4. The van der Waals surface area contributed by atoms with Crippen molar-refractivity contribution in [1.29, 1.82) is 0 Å². The summed E-state index contributed by atoms with van der Waals surface area (Å²) in [6.07, 6.45) is 4.42. The lowest BCUT2D eigenvalue weighted by atomic mass is 9.87. The molecule has 0 bridgehead atoms. The summed E-state index contributed by atoms with van der Waals surface area (Å²) in [5.41, 5.74) is 5.02. The van der Waals surface area contributed by atoms with Crippen LogP contribution in [-0.2, 0) is 23.2 Å². The largest absolute Gasteiger partial charge is 0.361 e. The number of fused-ring (bicyclic) bond motifs is 1. The Morgan fingerprint density at radius 1 is 0.878 bits per heavy atom. The van der Waals surface area contributed by atoms with Crippen molar-refractivity contribution in [2.45, 2.75) is 58.9 Å². The predicted molar refractivity (Wildman–Crippen MR) is 170 cm³/mol. The molecular formula is C34H39Cl2N3O2. The Bertz CT molecular complexity index is 1490. The van der Waals surface area contributed by atoms with E-state index in [1.54, 1.807) is 23.1 Å². The molecule has 0 atom stereocenters. The van der Waals surface area contributed by atoms with E-state index in [1.807, 2.05) is 23.2 Å². The Morgan fingerprint density at radius 2 is 1.61 bits per heavy atom. The summed E-state index contributed by atoms with van der Waals surface area (Å²) < 4.78 is 0. The fourth-order valence-corrected chi connectivity index (χ4v) is 5.19. The molecule has 7 heteroatoms. The van der Waals surface area contributed by atoms with Crippen molar-refractivity contribution >= 4 is 45.9 Å². The maximum absolute atomic E-state index is 13.9. The highest BCUT2D eigenvalue weighted by atomic mass is 35.5. The Morgan fingerprint density at radius 3 is 2.29 bits per heavy atom. The first kappa shape index (κ1) is 30.7. The van der Waals surface area contributed by atoms with Crippen LogP contribution in [0.15, 0.2) is 72.9 Å². The molecule has 5 nitrogen and oxygen atoms in total. The molecule has 2 amide bonds. The lowest BCUT2D eigenvalue weighted by Gasteiger charge is -2.28. The molecule has 4 rings (SSSR count). The van der Waals surface area contributed by atoms with Crippen molar-refractivity contribution in [2.75, 3.05) is 19.6 Å². The first-order valence-corrected chi connectivity index (χ1v) is 15.0. The molecular weight excluding hydrogens is 553 g/mol. The van der Waals surface area contributed by atoms with E-state index in [-0.39, 0.29) is 23.8 Å². The standard InChI is InChI=1S/C34H39Cl2N3O2/c1-5-6-18-39(33(41)25-13-16-29(35)30(36)20-25)23-32(40)38(22-24-11-14-27(15-12-24)34(2,3)4)19-17-26-21-37-31-10-8-7-9-28(26)31/h7-16,20-21,37H,5-6,17-19,22-23H2,1-4H3. The van der Waals surface area contributed by atoms with Crippen molar-refractivity contribution in [3.8, 4) is 0 Å². The summed E-state index contributed by atoms with van der Waals surface area (Å²) in [7, 11) is 0. The highest BCUT2D eigenvalue weighted by Crippen LogP contribution is 2.25. The quantitative estimate of drug-likeness (QED) is 0.191. The van der Waals surface area contributed by atoms with Gasteiger partial charge in [0.1, 0.15) is 6.54 Å². The maximum Gasteiger partial charge on any atom is 0.254 e. The van der Waals surface area contributed by atoms with Crippen LogP contribution in [0.2, 0.25) is 10.0 Å². The topological polar surface area (TPSA) is 56.4 Å². The van der Waals surface area contributed by atoms with Crippen LogP contribution in [0.3, 0.4) is 0 Å². The minimum atomic E-state index is -0.225. The van der Waals surface area contributed by atoms with E-state index in [2.05, 4.69) is 69.1 Å². The summed E-state index contributed by atoms with van der Waals surface area (Å²) in [6.45, 7) is 10.1. The van der Waals surface area contributed by atoms with E-state index in [0.29, 0.717) is 41.7 Å². The number of benzene rings is 3. The Balaban J connectivity index is 1.57. The van der Waals surface area contributed by atoms with Crippen molar-refractivity contribution in [2.24, 2.45) is 0 Å². The third kappa shape index (κ3) is 7.93. The number of hydrogen-bond acceptors (Lipinski definition) is 2. The number of amides is 2. The number of para-hydroxylation sites is 1. The van der Waals surface area contributed by atoms with Crippen molar-refractivity contribution < 1.29 is 9.59 Å². The molecule has 216 valence electrons. The van der Waals surface area contributed by atoms with E-state index < -0.39 is 0 Å². The lowest BCUT2D eigenvalue weighted by molar-refractivity contribution is -0.132. The van der Waals surface area contributed by atoms with Crippen LogP contribution in [0.4, 0.5) is 0 Å². The fraction of sp³-hybridized carbons (Fsp3) is 0.353. The highest BCUT2D eigenvalue weighted by molar-refractivity contribution is 6.42. The van der Waals surface area contributed by atoms with Gasteiger partial charge in [-0.3, -0.25) is 9.59 Å². The fourth-order valence-electron chi connectivity index (χ4n) is 4.89. The van der Waals surface area contributed by atoms with E-state index in [9.17, 15) is 9.59 Å². The third-order valence-corrected chi connectivity index (χ3v) is 8.17. The molecule has 0 fully saturated rings. The number of aromatic nitrogens is 1. The molecule has 0 saturated heterocycles. The smallest absolute Gasteiger partial charge is 0.254 e. The summed E-state index contributed by atoms with van der Waals surface area (Å²) in [5, 5.41) is 1.87. The Hall–Kier alpha value is -3.28. The molecule has 3 aromatic carbocycles. The number of nitrogens with one attached hydrogen (secondary N) is 1. The van der Waals surface area contributed by atoms with Crippen LogP contribution in [0, 0.1) is 0 Å². The molecule has 1 N–H and O–H groups in total. The SMILES string of the molecule is CCCCN(CC(=O)N(CCc1c[nH]c2ccccc12)Cc1ccc(C(C)(C)C)cc1)C(=O)c1ccc(Cl)c(Cl)c1. The zero-order chi connectivity index (χ0) is 29.6. The molecule has 0 aliphatic heterocycles. The maximum atomic E-state index is 13.9. The van der Waals surface area contributed by atoms with Crippen molar-refractivity contribution in [3.05, 3.63) is 105 Å². The second-order valence-electron chi connectivity index (χ2n) is 11.6. The molecule has 1 aromatic heterocycles. The molecule has 0 unspecified atom stereocenters. The van der Waals surface area contributed by atoms with Crippen LogP contribution >= 0.6 is 23.2 Å². The molecule has 0 radical (unpaired) electrons. The van der Waals surface area contributed by atoms with Crippen molar-refractivity contribution in [1.82, 2.24) is 14.8 Å². The number of unbranched alkanes of at least 4 members (excludes halogenated alkanes) is 1. The third-order valence-electron chi connectivity index (χ3n) is 7.43. The molecule has 0 aliphatic rings. The van der Waals surface area contributed by atoms with Gasteiger partial charge in [-0.2, -0.15) is 0 Å². The number of carbonyl (C=O) groups excluding carboxylic acids is 2. The lowest BCUT2D eigenvalue weighted by Crippen LogP contribution is -2.43. The molecule has 41 heavy (non-hydrogen) atoms. The van der Waals surface area contributed by atoms with E-state index in [1.165, 1.54) is 5.56 Å². The normalized spacial score (nSPS) is 11.6. The summed E-state index contributed by atoms with van der Waals surface area (Å²) in [4.78, 5) is 34.2. The van der Waals surface area contributed by atoms with Gasteiger partial charge in [0.15, 0.2) is 0 Å². The first-order chi connectivity index (χ1) is 19.6. The van der Waals surface area contributed by atoms with Crippen molar-refractivity contribution in [3.63, 3.8) is 0 Å². The van der Waals surface area contributed by atoms with Gasteiger partial charge in [0.25, 0.3) is 5.91 Å². The van der Waals surface area contributed by atoms with Gasteiger partial charge >= 0.3 is 0 Å². The second kappa shape index (κ2) is 13.6. The number of rotatable bonds is 11. The van der Waals surface area contributed by atoms with Crippen LogP contribution in [-0.4, -0.2) is 46.2 Å². The Kier molecular flexibility index (Phi) is 10.2. The number of nitrogens with zero attached hydrogens (tertiary/aromatic N) is 2. The molecule has 0 saturated carbocycles. The number of halogens is 2. The number of carbonyl (C=O) groups is 2. The molecule has 0 aliphatic carbocycles. The molecule has 1 heterocycles. The number of H-pyrrole nitrogens is 1. The first-order valence-electron chi connectivity index (χ1n) is 14.2. The van der Waals surface area contributed by atoms with Crippen LogP contribution in [0.25, 0.3) is 10.9 Å². The summed E-state index contributed by atoms with van der Waals surface area (Å²) in [6, 6.07) is 21.5. The van der Waals surface area contributed by atoms with Gasteiger partial charge in [0.05, 0.1) is 10.0 Å². The van der Waals surface area contributed by atoms with Crippen LogP contribution < -0.4 is 0 Å². The van der Waals surface area contributed by atoms with E-state index in [4.69, 9.17) is 23.2 Å². The monoisotopic (exact) mass is 591 g/mol. The minimum absolute atomic E-state index is 0.00691. The average Bonchev–Trinajstić information content (AvgIpc) is 3.37. The van der Waals surface area contributed by atoms with Gasteiger partial charge in [0.2, 0.25) is 5.91 Å². The number of aromatic amines is 1. The zero-order valence-corrected chi connectivity index (χ0v) is 25.9. The number of hydrogen-bond donors (Lipinski definition) is 1. The van der Waals surface area contributed by atoms with Gasteiger partial charge < -0.3 is 14.8 Å². The van der Waals surface area contributed by atoms with Gasteiger partial charge in [-0.15, -0.1) is 0 Å². The predicted octanol–water partition coefficient (Wildman–Crippen LogP) is 8.29. The van der Waals surface area contributed by atoms with Gasteiger partial charge in [-0.25, -0.2) is 0 Å². The summed E-state index contributed by atoms with van der Waals surface area (Å²) >= 11 is 12.3. The van der Waals surface area contributed by atoms with Crippen LogP contribution in [0.1, 0.15) is 67.6 Å². The van der Waals surface area contributed by atoms with E-state index >= 15 is 0 Å².